The van der Waals surface area contributed by atoms with Crippen LogP contribution in [0.1, 0.15) is 16.8 Å². The van der Waals surface area contributed by atoms with Crippen LogP contribution in [0.5, 0.6) is 0 Å². The maximum absolute atomic E-state index is 13.7. The Balaban J connectivity index is 1.47. The van der Waals surface area contributed by atoms with Crippen LogP contribution in [-0.2, 0) is 0 Å². The topological polar surface area (TPSA) is 65.5 Å². The predicted molar refractivity (Wildman–Crippen MR) is 112 cm³/mol. The summed E-state index contributed by atoms with van der Waals surface area (Å²) in [6.45, 7) is 0.958. The number of amides is 1. The van der Waals surface area contributed by atoms with E-state index in [4.69, 9.17) is 11.6 Å². The zero-order valence-corrected chi connectivity index (χ0v) is 16.4. The van der Waals surface area contributed by atoms with E-state index in [1.165, 1.54) is 12.1 Å². The molecular formula is C22H21ClFN3O2. The number of piperidine rings is 1. The summed E-state index contributed by atoms with van der Waals surface area (Å²) in [6, 6.07) is 15.2. The molecule has 0 bridgehead atoms. The number of fused-ring (bicyclic) bond motifs is 1. The molecule has 150 valence electrons. The van der Waals surface area contributed by atoms with Crippen LogP contribution in [0.2, 0.25) is 0 Å². The van der Waals surface area contributed by atoms with Crippen LogP contribution in [0, 0.1) is 5.82 Å². The Kier molecular flexibility index (Phi) is 5.39. The van der Waals surface area contributed by atoms with E-state index >= 15 is 0 Å². The van der Waals surface area contributed by atoms with Gasteiger partial charge in [-0.05, 0) is 42.8 Å². The molecule has 1 amide bonds. The van der Waals surface area contributed by atoms with E-state index in [1.807, 2.05) is 17.0 Å². The summed E-state index contributed by atoms with van der Waals surface area (Å²) in [7, 11) is 0. The molecule has 0 aliphatic carbocycles. The predicted octanol–water partition coefficient (Wildman–Crippen LogP) is 3.35. The first-order valence-corrected chi connectivity index (χ1v) is 9.89. The monoisotopic (exact) mass is 413 g/mol. The fourth-order valence-corrected chi connectivity index (χ4v) is 4.02. The molecule has 2 atom stereocenters. The van der Waals surface area contributed by atoms with Crippen LogP contribution in [0.25, 0.3) is 10.9 Å². The first-order valence-electron chi connectivity index (χ1n) is 9.45. The van der Waals surface area contributed by atoms with Gasteiger partial charge in [0.2, 0.25) is 0 Å². The summed E-state index contributed by atoms with van der Waals surface area (Å²) in [4.78, 5) is 18.6. The number of halogens is 2. The molecule has 2 unspecified atom stereocenters. The quantitative estimate of drug-likeness (QED) is 0.644. The fraction of sp³-hybridized carbons (Fsp3) is 0.273. The van der Waals surface area contributed by atoms with Crippen LogP contribution in [-0.4, -0.2) is 46.6 Å². The van der Waals surface area contributed by atoms with Crippen LogP contribution >= 0.6 is 11.6 Å². The zero-order chi connectivity index (χ0) is 20.4. The van der Waals surface area contributed by atoms with Crippen LogP contribution in [0.3, 0.4) is 0 Å². The highest BCUT2D eigenvalue weighted by Crippen LogP contribution is 2.33. The summed E-state index contributed by atoms with van der Waals surface area (Å²) >= 11 is 6.55. The lowest BCUT2D eigenvalue weighted by atomic mass is 9.90. The molecular weight excluding hydrogens is 393 g/mol. The van der Waals surface area contributed by atoms with Gasteiger partial charge in [0.05, 0.1) is 10.9 Å². The minimum absolute atomic E-state index is 0.0639. The highest BCUT2D eigenvalue weighted by molar-refractivity contribution is 6.22. The van der Waals surface area contributed by atoms with Crippen molar-refractivity contribution in [1.29, 1.82) is 0 Å². The summed E-state index contributed by atoms with van der Waals surface area (Å²) in [6.07, 6.45) is 2.05. The van der Waals surface area contributed by atoms with Gasteiger partial charge in [0, 0.05) is 42.5 Å². The van der Waals surface area contributed by atoms with Crippen molar-refractivity contribution in [2.75, 3.05) is 24.5 Å². The van der Waals surface area contributed by atoms with Crippen LogP contribution in [0.15, 0.2) is 60.8 Å². The van der Waals surface area contributed by atoms with E-state index in [-0.39, 0.29) is 18.3 Å². The van der Waals surface area contributed by atoms with Gasteiger partial charge in [-0.25, -0.2) is 4.39 Å². The van der Waals surface area contributed by atoms with Crippen molar-refractivity contribution in [3.05, 3.63) is 72.2 Å². The molecule has 0 radical (unpaired) electrons. The third-order valence-electron chi connectivity index (χ3n) is 5.39. The van der Waals surface area contributed by atoms with Gasteiger partial charge >= 0.3 is 0 Å². The Morgan fingerprint density at radius 3 is 2.83 bits per heavy atom. The number of aliphatic hydroxyl groups is 1. The van der Waals surface area contributed by atoms with E-state index < -0.39 is 11.0 Å². The molecule has 1 aliphatic rings. The average Bonchev–Trinajstić information content (AvgIpc) is 2.74. The number of hydrogen-bond acceptors (Lipinski definition) is 4. The molecule has 29 heavy (non-hydrogen) atoms. The Bertz CT molecular complexity index is 1030. The molecule has 1 aromatic heterocycles. The van der Waals surface area contributed by atoms with E-state index in [0.29, 0.717) is 36.0 Å². The largest absolute Gasteiger partial charge is 0.386 e. The lowest BCUT2D eigenvalue weighted by Gasteiger charge is -2.43. The van der Waals surface area contributed by atoms with Crippen molar-refractivity contribution in [1.82, 2.24) is 10.3 Å². The number of alkyl halides is 1. The molecule has 0 saturated carbocycles. The van der Waals surface area contributed by atoms with Gasteiger partial charge in [-0.3, -0.25) is 9.78 Å². The zero-order valence-electron chi connectivity index (χ0n) is 15.7. The maximum atomic E-state index is 13.7. The number of carbonyl (C=O) groups excluding carboxylic acids is 1. The number of aromatic nitrogens is 1. The molecule has 2 N–H and O–H groups in total. The lowest BCUT2D eigenvalue weighted by Crippen LogP contribution is -2.58. The number of rotatable bonds is 4. The second-order valence-electron chi connectivity index (χ2n) is 7.31. The first kappa shape index (κ1) is 19.6. The minimum Gasteiger partial charge on any atom is -0.386 e. The van der Waals surface area contributed by atoms with E-state index in [1.54, 1.807) is 36.5 Å². The number of pyridine rings is 1. The van der Waals surface area contributed by atoms with Crippen molar-refractivity contribution in [3.8, 4) is 0 Å². The van der Waals surface area contributed by atoms with E-state index in [2.05, 4.69) is 10.3 Å². The highest BCUT2D eigenvalue weighted by atomic mass is 35.5. The summed E-state index contributed by atoms with van der Waals surface area (Å²) in [5, 5.41) is 13.9. The molecule has 7 heteroatoms. The molecule has 5 nitrogen and oxygen atoms in total. The van der Waals surface area contributed by atoms with Gasteiger partial charge < -0.3 is 15.3 Å². The summed E-state index contributed by atoms with van der Waals surface area (Å²) in [5.41, 5.74) is 0.836. The van der Waals surface area contributed by atoms with Crippen molar-refractivity contribution in [2.45, 2.75) is 17.4 Å². The van der Waals surface area contributed by atoms with Crippen molar-refractivity contribution < 1.29 is 14.3 Å². The number of carbonyl (C=O) groups is 1. The molecule has 2 heterocycles. The number of anilines is 1. The van der Waals surface area contributed by atoms with Gasteiger partial charge in [-0.15, -0.1) is 11.6 Å². The van der Waals surface area contributed by atoms with Gasteiger partial charge in [-0.1, -0.05) is 18.2 Å². The Morgan fingerprint density at radius 2 is 2.07 bits per heavy atom. The van der Waals surface area contributed by atoms with E-state index in [0.717, 1.165) is 5.69 Å². The Labute approximate surface area is 173 Å². The fourth-order valence-electron chi connectivity index (χ4n) is 3.66. The normalized spacial score (nSPS) is 21.9. The standard InChI is InChI=1S/C22H21ClFN3O2/c23-20-13-27(19-8-10-25-18-7-6-16(24)12-17(18)19)11-9-22(20,29)14-26-21(28)15-4-2-1-3-5-15/h1-8,10,12,20,29H,9,11,13-14H2,(H,26,28). The third kappa shape index (κ3) is 4.04. The van der Waals surface area contributed by atoms with Gasteiger partial charge in [-0.2, -0.15) is 0 Å². The van der Waals surface area contributed by atoms with Gasteiger partial charge in [0.1, 0.15) is 11.4 Å². The molecule has 4 rings (SSSR count). The summed E-state index contributed by atoms with van der Waals surface area (Å²) in [5.74, 6) is -0.577. The highest BCUT2D eigenvalue weighted by Gasteiger charge is 2.41. The van der Waals surface area contributed by atoms with Crippen molar-refractivity contribution in [2.24, 2.45) is 0 Å². The Hall–Kier alpha value is -2.70. The van der Waals surface area contributed by atoms with Crippen LogP contribution in [0.4, 0.5) is 10.1 Å². The average molecular weight is 414 g/mol. The molecule has 1 saturated heterocycles. The number of hydrogen-bond donors (Lipinski definition) is 2. The van der Waals surface area contributed by atoms with Crippen molar-refractivity contribution in [3.63, 3.8) is 0 Å². The minimum atomic E-state index is -1.23. The molecule has 1 aliphatic heterocycles. The molecule has 0 spiro atoms. The van der Waals surface area contributed by atoms with Crippen LogP contribution < -0.4 is 10.2 Å². The Morgan fingerprint density at radius 1 is 1.28 bits per heavy atom. The number of nitrogens with one attached hydrogen (secondary N) is 1. The van der Waals surface area contributed by atoms with Gasteiger partial charge in [0.25, 0.3) is 5.91 Å². The van der Waals surface area contributed by atoms with E-state index in [9.17, 15) is 14.3 Å². The number of nitrogens with zero attached hydrogens (tertiary/aromatic N) is 2. The molecule has 3 aromatic rings. The lowest BCUT2D eigenvalue weighted by molar-refractivity contribution is 0.0204. The third-order valence-corrected chi connectivity index (χ3v) is 5.93. The van der Waals surface area contributed by atoms with Gasteiger partial charge in [0.15, 0.2) is 0 Å². The summed E-state index contributed by atoms with van der Waals surface area (Å²) < 4.78 is 13.7. The first-order chi connectivity index (χ1) is 14.0. The SMILES string of the molecule is O=C(NCC1(O)CCN(c2ccnc3ccc(F)cc23)CC1Cl)c1ccccc1. The second-order valence-corrected chi connectivity index (χ2v) is 7.83. The molecule has 1 fully saturated rings. The van der Waals surface area contributed by atoms with Crippen molar-refractivity contribution >= 4 is 34.1 Å². The maximum Gasteiger partial charge on any atom is 0.251 e. The number of benzene rings is 2. The smallest absolute Gasteiger partial charge is 0.251 e. The molecule has 2 aromatic carbocycles. The second kappa shape index (κ2) is 7.97.